The summed E-state index contributed by atoms with van der Waals surface area (Å²) in [6, 6.07) is 0. The fourth-order valence-electron chi connectivity index (χ4n) is 4.65. The van der Waals surface area contributed by atoms with Crippen molar-refractivity contribution < 1.29 is 0 Å². The Morgan fingerprint density at radius 1 is 0.714 bits per heavy atom. The van der Waals surface area contributed by atoms with Crippen LogP contribution in [0.4, 0.5) is 0 Å². The Bertz CT molecular complexity index is 698. The largest absolute Gasteiger partial charge is 0.156 e. The first-order valence-corrected chi connectivity index (χ1v) is 10.9. The topological polar surface area (TPSA) is 24.7 Å². The molecule has 0 heterocycles. The Kier molecular flexibility index (Phi) is 7.42. The summed E-state index contributed by atoms with van der Waals surface area (Å²) in [5, 5.41) is 8.86. The van der Waals surface area contributed by atoms with Crippen LogP contribution in [0.3, 0.4) is 0 Å². The lowest BCUT2D eigenvalue weighted by Gasteiger charge is -2.32. The van der Waals surface area contributed by atoms with Gasteiger partial charge in [0.15, 0.2) is 0 Å². The molecule has 0 bridgehead atoms. The Morgan fingerprint density at radius 2 is 1.07 bits per heavy atom. The maximum atomic E-state index is 4.43. The summed E-state index contributed by atoms with van der Waals surface area (Å²) in [5.74, 6) is 0. The van der Waals surface area contributed by atoms with E-state index in [0.717, 1.165) is 11.4 Å². The molecule has 0 saturated carbocycles. The van der Waals surface area contributed by atoms with E-state index in [0.29, 0.717) is 0 Å². The third-order valence-corrected chi connectivity index (χ3v) is 6.43. The predicted molar refractivity (Wildman–Crippen MR) is 125 cm³/mol. The average molecular weight is 381 g/mol. The molecular formula is C26H40N2. The van der Waals surface area contributed by atoms with Crippen LogP contribution in [0.5, 0.6) is 0 Å². The first-order chi connectivity index (χ1) is 13.0. The summed E-state index contributed by atoms with van der Waals surface area (Å²) in [6.45, 7) is 18.0. The average Bonchev–Trinajstić information content (AvgIpc) is 2.58. The van der Waals surface area contributed by atoms with E-state index in [1.165, 1.54) is 60.8 Å². The molecule has 0 N–H and O–H groups in total. The normalized spacial score (nSPS) is 24.0. The summed E-state index contributed by atoms with van der Waals surface area (Å²) in [6.07, 6.45) is 16.3. The van der Waals surface area contributed by atoms with E-state index < -0.39 is 0 Å². The standard InChI is InChI=1S/C26H40N2/c1-19-11-9-17-25(5,6)23(19)15-13-21(3)27-28-22(4)14-16-24-20(2)12-10-18-26(24,7)8/h13-16H,9-12,17-18H2,1-8H3/b15-13-,16-14+,27-21+,28-22-. The van der Waals surface area contributed by atoms with Gasteiger partial charge in [-0.15, -0.1) is 0 Å². The van der Waals surface area contributed by atoms with Crippen LogP contribution in [-0.2, 0) is 0 Å². The van der Waals surface area contributed by atoms with Crippen LogP contribution in [0.1, 0.15) is 93.9 Å². The molecule has 0 radical (unpaired) electrons. The summed E-state index contributed by atoms with van der Waals surface area (Å²) in [5.41, 5.74) is 8.39. The van der Waals surface area contributed by atoms with Gasteiger partial charge in [0.25, 0.3) is 0 Å². The van der Waals surface area contributed by atoms with Gasteiger partial charge in [-0.2, -0.15) is 10.2 Å². The van der Waals surface area contributed by atoms with Crippen molar-refractivity contribution in [3.8, 4) is 0 Å². The number of hydrogen-bond donors (Lipinski definition) is 0. The molecule has 28 heavy (non-hydrogen) atoms. The molecule has 0 fully saturated rings. The van der Waals surface area contributed by atoms with E-state index in [2.05, 4.69) is 76.0 Å². The SMILES string of the molecule is CC1=C(\C=C/C(C)=N/N=C(C)\C=C\C2=C(C)CCCC2(C)C)C(C)(C)CCC1. The highest BCUT2D eigenvalue weighted by atomic mass is 15.2. The molecule has 2 aliphatic rings. The van der Waals surface area contributed by atoms with Crippen LogP contribution in [0.2, 0.25) is 0 Å². The Morgan fingerprint density at radius 3 is 1.39 bits per heavy atom. The lowest BCUT2D eigenvalue weighted by Crippen LogP contribution is -2.19. The van der Waals surface area contributed by atoms with Crippen molar-refractivity contribution in [3.05, 3.63) is 46.6 Å². The molecule has 0 amide bonds. The van der Waals surface area contributed by atoms with Gasteiger partial charge in [0.1, 0.15) is 0 Å². The highest BCUT2D eigenvalue weighted by Crippen LogP contribution is 2.41. The minimum atomic E-state index is 0.263. The van der Waals surface area contributed by atoms with E-state index in [-0.39, 0.29) is 10.8 Å². The van der Waals surface area contributed by atoms with E-state index in [4.69, 9.17) is 0 Å². The van der Waals surface area contributed by atoms with Crippen molar-refractivity contribution in [2.24, 2.45) is 21.0 Å². The Balaban J connectivity index is 2.10. The fraction of sp³-hybridized carbons (Fsp3) is 0.615. The molecule has 2 rings (SSSR count). The molecule has 0 aromatic heterocycles. The molecule has 0 aromatic carbocycles. The zero-order valence-electron chi connectivity index (χ0n) is 19.4. The number of allylic oxidation sites excluding steroid dienone is 8. The van der Waals surface area contributed by atoms with Gasteiger partial charge in [-0.3, -0.25) is 0 Å². The molecule has 0 unspecified atom stereocenters. The number of hydrogen-bond acceptors (Lipinski definition) is 2. The second-order valence-corrected chi connectivity index (χ2v) is 10.0. The minimum Gasteiger partial charge on any atom is -0.156 e. The van der Waals surface area contributed by atoms with Crippen LogP contribution < -0.4 is 0 Å². The number of rotatable bonds is 5. The van der Waals surface area contributed by atoms with Crippen molar-refractivity contribution in [2.45, 2.75) is 93.9 Å². The van der Waals surface area contributed by atoms with Gasteiger partial charge in [-0.1, -0.05) is 51.0 Å². The highest BCUT2D eigenvalue weighted by molar-refractivity contribution is 5.96. The van der Waals surface area contributed by atoms with Gasteiger partial charge in [0.05, 0.1) is 11.4 Å². The zero-order valence-corrected chi connectivity index (χ0v) is 19.4. The third-order valence-electron chi connectivity index (χ3n) is 6.43. The van der Waals surface area contributed by atoms with E-state index >= 15 is 0 Å². The molecular weight excluding hydrogens is 340 g/mol. The van der Waals surface area contributed by atoms with Crippen molar-refractivity contribution in [1.29, 1.82) is 0 Å². The van der Waals surface area contributed by atoms with E-state index in [1.54, 1.807) is 0 Å². The first kappa shape index (κ1) is 22.6. The second-order valence-electron chi connectivity index (χ2n) is 10.0. The van der Waals surface area contributed by atoms with Gasteiger partial charge in [0, 0.05) is 0 Å². The van der Waals surface area contributed by atoms with Crippen molar-refractivity contribution in [2.75, 3.05) is 0 Å². The Labute approximate surface area is 173 Å². The van der Waals surface area contributed by atoms with Gasteiger partial charge in [-0.05, 0) is 100 Å². The van der Waals surface area contributed by atoms with Gasteiger partial charge >= 0.3 is 0 Å². The van der Waals surface area contributed by atoms with Crippen molar-refractivity contribution >= 4 is 11.4 Å². The van der Waals surface area contributed by atoms with Gasteiger partial charge in [-0.25, -0.2) is 0 Å². The van der Waals surface area contributed by atoms with Crippen LogP contribution in [0.25, 0.3) is 0 Å². The quantitative estimate of drug-likeness (QED) is 0.341. The lowest BCUT2D eigenvalue weighted by atomic mass is 9.72. The summed E-state index contributed by atoms with van der Waals surface area (Å²) < 4.78 is 0. The molecule has 2 heteroatoms. The third kappa shape index (κ3) is 5.90. The van der Waals surface area contributed by atoms with Crippen LogP contribution in [-0.4, -0.2) is 11.4 Å². The zero-order chi connectivity index (χ0) is 20.9. The molecule has 0 atom stereocenters. The summed E-state index contributed by atoms with van der Waals surface area (Å²) >= 11 is 0. The van der Waals surface area contributed by atoms with E-state index in [1.807, 2.05) is 13.8 Å². The maximum absolute atomic E-state index is 4.43. The maximum Gasteiger partial charge on any atom is 0.0599 e. The fourth-order valence-corrected chi connectivity index (χ4v) is 4.65. The predicted octanol–water partition coefficient (Wildman–Crippen LogP) is 7.99. The number of nitrogens with zero attached hydrogens (tertiary/aromatic N) is 2. The molecule has 0 spiro atoms. The van der Waals surface area contributed by atoms with Crippen LogP contribution in [0.15, 0.2) is 56.8 Å². The van der Waals surface area contributed by atoms with Crippen molar-refractivity contribution in [1.82, 2.24) is 0 Å². The monoisotopic (exact) mass is 380 g/mol. The van der Waals surface area contributed by atoms with E-state index in [9.17, 15) is 0 Å². The smallest absolute Gasteiger partial charge is 0.0599 e. The second kappa shape index (κ2) is 9.20. The minimum absolute atomic E-state index is 0.263. The van der Waals surface area contributed by atoms with Crippen LogP contribution >= 0.6 is 0 Å². The van der Waals surface area contributed by atoms with Crippen LogP contribution in [0, 0.1) is 10.8 Å². The molecule has 2 nitrogen and oxygen atoms in total. The summed E-state index contributed by atoms with van der Waals surface area (Å²) in [7, 11) is 0. The molecule has 154 valence electrons. The summed E-state index contributed by atoms with van der Waals surface area (Å²) in [4.78, 5) is 0. The molecule has 0 saturated heterocycles. The van der Waals surface area contributed by atoms with Gasteiger partial charge in [0.2, 0.25) is 0 Å². The molecule has 0 aromatic rings. The highest BCUT2D eigenvalue weighted by Gasteiger charge is 2.27. The first-order valence-electron chi connectivity index (χ1n) is 10.9. The molecule has 0 aliphatic heterocycles. The lowest BCUT2D eigenvalue weighted by molar-refractivity contribution is 0.376. The Hall–Kier alpha value is -1.70. The van der Waals surface area contributed by atoms with Crippen molar-refractivity contribution in [3.63, 3.8) is 0 Å². The molecule has 2 aliphatic carbocycles. The van der Waals surface area contributed by atoms with Gasteiger partial charge < -0.3 is 0 Å².